The minimum atomic E-state index is -0.769. The van der Waals surface area contributed by atoms with Gasteiger partial charge in [-0.15, -0.1) is 0 Å². The number of esters is 2. The van der Waals surface area contributed by atoms with E-state index in [1.165, 1.54) is 295 Å². The van der Waals surface area contributed by atoms with Crippen molar-refractivity contribution in [3.8, 4) is 0 Å². The van der Waals surface area contributed by atoms with Crippen molar-refractivity contribution in [3.63, 3.8) is 0 Å². The van der Waals surface area contributed by atoms with E-state index in [0.29, 0.717) is 12.8 Å². The molecule has 0 spiro atoms. The number of aliphatic hydroxyl groups is 1. The number of allylic oxidation sites excluding steroid dienone is 4. The molecule has 1 unspecified atom stereocenters. The molecule has 70 heavy (non-hydrogen) atoms. The Kier molecular flexibility index (Phi) is 60.3. The molecule has 0 rings (SSSR count). The summed E-state index contributed by atoms with van der Waals surface area (Å²) in [6, 6.07) is 0. The van der Waals surface area contributed by atoms with E-state index in [9.17, 15) is 14.7 Å². The van der Waals surface area contributed by atoms with Gasteiger partial charge in [-0.2, -0.15) is 0 Å². The fourth-order valence-corrected chi connectivity index (χ4v) is 9.90. The Labute approximate surface area is 438 Å². The minimum Gasteiger partial charge on any atom is -0.462 e. The summed E-state index contributed by atoms with van der Waals surface area (Å²) >= 11 is 0. The number of unbranched alkanes of at least 4 members (excludes halogenated alkanes) is 48. The molecule has 0 saturated heterocycles. The zero-order valence-corrected chi connectivity index (χ0v) is 47.6. The third-order valence-corrected chi connectivity index (χ3v) is 14.7. The molecule has 5 nitrogen and oxygen atoms in total. The first-order valence-electron chi connectivity index (χ1n) is 31.9. The van der Waals surface area contributed by atoms with Crippen LogP contribution in [-0.2, 0) is 19.1 Å². The number of hydrogen-bond acceptors (Lipinski definition) is 5. The third kappa shape index (κ3) is 58.9. The molecule has 0 saturated carbocycles. The summed E-state index contributed by atoms with van der Waals surface area (Å²) in [5.74, 6) is -0.569. The molecule has 0 fully saturated rings. The van der Waals surface area contributed by atoms with Crippen molar-refractivity contribution in [2.75, 3.05) is 13.2 Å². The van der Waals surface area contributed by atoms with Gasteiger partial charge in [-0.1, -0.05) is 308 Å². The van der Waals surface area contributed by atoms with Gasteiger partial charge in [0, 0.05) is 12.8 Å². The molecule has 0 radical (unpaired) electrons. The van der Waals surface area contributed by atoms with Gasteiger partial charge in [-0.3, -0.25) is 9.59 Å². The predicted molar refractivity (Wildman–Crippen MR) is 307 cm³/mol. The van der Waals surface area contributed by atoms with Crippen LogP contribution in [0, 0.1) is 0 Å². The molecule has 0 aliphatic rings. The van der Waals surface area contributed by atoms with Crippen LogP contribution in [0.1, 0.15) is 361 Å². The van der Waals surface area contributed by atoms with Crippen LogP contribution in [0.25, 0.3) is 0 Å². The van der Waals surface area contributed by atoms with E-state index in [-0.39, 0.29) is 25.2 Å². The average molecular weight is 986 g/mol. The molecule has 0 aromatic carbocycles. The SMILES string of the molecule is CCCCCCCCCC/C=C\CCCCCCCCCCCCCCCCCCCCCCCC(=O)OC(CO)COC(=O)CCCCCCCCCCCCC/C=C\CCCCCCCCCC. The molecule has 1 atom stereocenters. The van der Waals surface area contributed by atoms with Crippen molar-refractivity contribution in [1.29, 1.82) is 0 Å². The summed E-state index contributed by atoms with van der Waals surface area (Å²) in [5.41, 5.74) is 0. The Morgan fingerprint density at radius 2 is 0.529 bits per heavy atom. The van der Waals surface area contributed by atoms with Gasteiger partial charge in [-0.05, 0) is 64.2 Å². The van der Waals surface area contributed by atoms with Crippen LogP contribution in [0.3, 0.4) is 0 Å². The second kappa shape index (κ2) is 61.7. The van der Waals surface area contributed by atoms with Crippen LogP contribution in [0.2, 0.25) is 0 Å². The normalized spacial score (nSPS) is 12.2. The van der Waals surface area contributed by atoms with Crippen LogP contribution >= 0.6 is 0 Å². The summed E-state index contributed by atoms with van der Waals surface area (Å²) in [4.78, 5) is 24.6. The standard InChI is InChI=1S/C65H124O5/c1-3-5-7-9-11-13-15-17-19-21-23-25-27-28-29-30-31-32-33-34-35-36-38-40-42-44-46-48-50-52-54-56-58-60-65(68)70-63(61-66)62-69-64(67)59-57-55-53-51-49-47-45-43-41-39-37-26-24-22-20-18-16-14-12-10-8-6-4-2/h21-24,63,66H,3-20,25-62H2,1-2H3/b23-21-,24-22-. The highest BCUT2D eigenvalue weighted by molar-refractivity contribution is 5.70. The lowest BCUT2D eigenvalue weighted by molar-refractivity contribution is -0.161. The summed E-state index contributed by atoms with van der Waals surface area (Å²) in [6.07, 6.45) is 79.0. The Balaban J connectivity index is 3.39. The first kappa shape index (κ1) is 68.4. The highest BCUT2D eigenvalue weighted by Gasteiger charge is 2.16. The van der Waals surface area contributed by atoms with E-state index in [4.69, 9.17) is 9.47 Å². The Morgan fingerprint density at radius 3 is 0.771 bits per heavy atom. The van der Waals surface area contributed by atoms with Gasteiger partial charge in [0.05, 0.1) is 6.61 Å². The van der Waals surface area contributed by atoms with Gasteiger partial charge < -0.3 is 14.6 Å². The zero-order valence-electron chi connectivity index (χ0n) is 47.6. The molecule has 0 aliphatic carbocycles. The first-order valence-corrected chi connectivity index (χ1v) is 31.9. The predicted octanol–water partition coefficient (Wildman–Crippen LogP) is 21.7. The van der Waals surface area contributed by atoms with Crippen molar-refractivity contribution < 1.29 is 24.2 Å². The van der Waals surface area contributed by atoms with Crippen molar-refractivity contribution >= 4 is 11.9 Å². The topological polar surface area (TPSA) is 72.8 Å². The van der Waals surface area contributed by atoms with E-state index in [2.05, 4.69) is 38.2 Å². The summed E-state index contributed by atoms with van der Waals surface area (Å²) in [5, 5.41) is 9.68. The van der Waals surface area contributed by atoms with Crippen molar-refractivity contribution in [2.45, 2.75) is 367 Å². The van der Waals surface area contributed by atoms with Gasteiger partial charge in [0.2, 0.25) is 0 Å². The highest BCUT2D eigenvalue weighted by atomic mass is 16.6. The number of carbonyl (C=O) groups excluding carboxylic acids is 2. The monoisotopic (exact) mass is 985 g/mol. The van der Waals surface area contributed by atoms with E-state index in [1.807, 2.05) is 0 Å². The number of hydrogen-bond donors (Lipinski definition) is 1. The third-order valence-electron chi connectivity index (χ3n) is 14.7. The van der Waals surface area contributed by atoms with Gasteiger partial charge in [0.25, 0.3) is 0 Å². The van der Waals surface area contributed by atoms with Crippen LogP contribution in [0.5, 0.6) is 0 Å². The molecule has 0 aliphatic heterocycles. The lowest BCUT2D eigenvalue weighted by Gasteiger charge is -2.15. The Hall–Kier alpha value is -1.62. The fraction of sp³-hybridized carbons (Fsp3) is 0.908. The lowest BCUT2D eigenvalue weighted by Crippen LogP contribution is -2.28. The maximum atomic E-state index is 12.3. The highest BCUT2D eigenvalue weighted by Crippen LogP contribution is 2.18. The van der Waals surface area contributed by atoms with Crippen LogP contribution in [0.4, 0.5) is 0 Å². The Bertz CT molecular complexity index is 1070. The Morgan fingerprint density at radius 1 is 0.314 bits per heavy atom. The second-order valence-electron chi connectivity index (χ2n) is 21.8. The van der Waals surface area contributed by atoms with Crippen LogP contribution < -0.4 is 0 Å². The molecule has 0 amide bonds. The summed E-state index contributed by atoms with van der Waals surface area (Å²) in [6.45, 7) is 4.20. The molecule has 0 heterocycles. The molecular formula is C65H124O5. The van der Waals surface area contributed by atoms with Gasteiger partial charge in [0.15, 0.2) is 6.10 Å². The van der Waals surface area contributed by atoms with Crippen LogP contribution in [0.15, 0.2) is 24.3 Å². The van der Waals surface area contributed by atoms with E-state index < -0.39 is 6.10 Å². The summed E-state index contributed by atoms with van der Waals surface area (Å²) < 4.78 is 10.7. The van der Waals surface area contributed by atoms with E-state index in [0.717, 1.165) is 38.5 Å². The van der Waals surface area contributed by atoms with Crippen molar-refractivity contribution in [3.05, 3.63) is 24.3 Å². The van der Waals surface area contributed by atoms with Crippen molar-refractivity contribution in [2.24, 2.45) is 0 Å². The number of rotatable bonds is 60. The van der Waals surface area contributed by atoms with E-state index >= 15 is 0 Å². The largest absolute Gasteiger partial charge is 0.462 e. The first-order chi connectivity index (χ1) is 34.6. The van der Waals surface area contributed by atoms with Gasteiger partial charge in [0.1, 0.15) is 6.61 Å². The molecule has 414 valence electrons. The average Bonchev–Trinajstić information content (AvgIpc) is 3.36. The minimum absolute atomic E-state index is 0.0600. The molecule has 0 aromatic heterocycles. The number of carbonyl (C=O) groups is 2. The number of aliphatic hydroxyl groups excluding tert-OH is 1. The maximum absolute atomic E-state index is 12.3. The fourth-order valence-electron chi connectivity index (χ4n) is 9.90. The van der Waals surface area contributed by atoms with Gasteiger partial charge >= 0.3 is 11.9 Å². The van der Waals surface area contributed by atoms with Crippen molar-refractivity contribution in [1.82, 2.24) is 0 Å². The smallest absolute Gasteiger partial charge is 0.306 e. The number of ether oxygens (including phenoxy) is 2. The van der Waals surface area contributed by atoms with E-state index in [1.54, 1.807) is 0 Å². The maximum Gasteiger partial charge on any atom is 0.306 e. The quantitative estimate of drug-likeness (QED) is 0.0373. The zero-order chi connectivity index (χ0) is 50.6. The second-order valence-corrected chi connectivity index (χ2v) is 21.8. The van der Waals surface area contributed by atoms with Gasteiger partial charge in [-0.25, -0.2) is 0 Å². The van der Waals surface area contributed by atoms with Crippen LogP contribution in [-0.4, -0.2) is 36.4 Å². The lowest BCUT2D eigenvalue weighted by atomic mass is 10.0. The molecule has 1 N–H and O–H groups in total. The summed E-state index contributed by atoms with van der Waals surface area (Å²) in [7, 11) is 0. The molecular weight excluding hydrogens is 861 g/mol. The molecule has 5 heteroatoms. The molecule has 0 bridgehead atoms. The molecule has 0 aromatic rings.